The minimum atomic E-state index is -3.85. The topological polar surface area (TPSA) is 68.9 Å². The van der Waals surface area contributed by atoms with Crippen molar-refractivity contribution >= 4 is 42.4 Å². The second-order valence-electron chi connectivity index (χ2n) is 6.20. The number of ether oxygens (including phenoxy) is 1. The van der Waals surface area contributed by atoms with E-state index < -0.39 is 9.84 Å². The summed E-state index contributed by atoms with van der Waals surface area (Å²) in [5, 5.41) is 0.605. The Morgan fingerprint density at radius 1 is 0.931 bits per heavy atom. The van der Waals surface area contributed by atoms with E-state index in [2.05, 4.69) is 20.9 Å². The first kappa shape index (κ1) is 19.4. The Hall–Kier alpha value is -2.90. The minimum Gasteiger partial charge on any atom is -0.493 e. The van der Waals surface area contributed by atoms with E-state index >= 15 is 0 Å². The van der Waals surface area contributed by atoms with Gasteiger partial charge in [0.15, 0.2) is 11.3 Å². The van der Waals surface area contributed by atoms with Crippen molar-refractivity contribution < 1.29 is 17.6 Å². The molecule has 146 valence electrons. The summed E-state index contributed by atoms with van der Waals surface area (Å²) in [6.07, 6.45) is 0. The van der Waals surface area contributed by atoms with Gasteiger partial charge in [0.1, 0.15) is 4.90 Å². The fraction of sp³-hybridized carbons (Fsp3) is 0.0455. The van der Waals surface area contributed by atoms with Crippen molar-refractivity contribution in [2.75, 3.05) is 7.11 Å². The summed E-state index contributed by atoms with van der Waals surface area (Å²) in [5.41, 5.74) is 0.988. The average molecular weight is 470 g/mol. The third-order valence-electron chi connectivity index (χ3n) is 4.33. The molecular weight excluding hydrogens is 454 g/mol. The van der Waals surface area contributed by atoms with Crippen molar-refractivity contribution in [1.29, 1.82) is 0 Å². The van der Waals surface area contributed by atoms with Gasteiger partial charge in [-0.1, -0.05) is 46.3 Å². The summed E-state index contributed by atoms with van der Waals surface area (Å²) >= 11 is 3.38. The fourth-order valence-corrected chi connectivity index (χ4v) is 4.53. The molecule has 5 nitrogen and oxygen atoms in total. The molecule has 1 aromatic heterocycles. The summed E-state index contributed by atoms with van der Waals surface area (Å²) < 4.78 is 38.9. The Morgan fingerprint density at radius 2 is 1.66 bits per heavy atom. The molecule has 29 heavy (non-hydrogen) atoms. The largest absolute Gasteiger partial charge is 0.493 e. The van der Waals surface area contributed by atoms with Crippen LogP contribution in [0, 0.1) is 0 Å². The van der Waals surface area contributed by atoms with Gasteiger partial charge in [-0.2, -0.15) is 0 Å². The van der Waals surface area contributed by atoms with Crippen molar-refractivity contribution in [3.8, 4) is 5.75 Å². The maximum atomic E-state index is 13.3. The lowest BCUT2D eigenvalue weighted by Gasteiger charge is -2.09. The maximum absolute atomic E-state index is 13.3. The number of methoxy groups -OCH3 is 1. The van der Waals surface area contributed by atoms with Gasteiger partial charge in [-0.15, -0.1) is 0 Å². The molecule has 4 rings (SSSR count). The Morgan fingerprint density at radius 3 is 2.34 bits per heavy atom. The Balaban J connectivity index is 2.06. The lowest BCUT2D eigenvalue weighted by atomic mass is 10.2. The zero-order valence-electron chi connectivity index (χ0n) is 15.4. The van der Waals surface area contributed by atoms with Crippen LogP contribution in [0.1, 0.15) is 0 Å². The molecule has 0 spiro atoms. The molecule has 7 heteroatoms. The first-order chi connectivity index (χ1) is 14.0. The van der Waals surface area contributed by atoms with Crippen LogP contribution in [0.2, 0.25) is 0 Å². The highest BCUT2D eigenvalue weighted by molar-refractivity contribution is 9.10. The second-order valence-corrected chi connectivity index (χ2v) is 9.03. The van der Waals surface area contributed by atoms with Gasteiger partial charge < -0.3 is 9.15 Å². The zero-order valence-corrected chi connectivity index (χ0v) is 17.8. The van der Waals surface area contributed by atoms with Crippen molar-refractivity contribution in [2.24, 2.45) is 4.99 Å². The first-order valence-electron chi connectivity index (χ1n) is 8.70. The summed E-state index contributed by atoms with van der Waals surface area (Å²) in [5.74, 6) is 0.499. The molecule has 0 saturated carbocycles. The third-order valence-corrected chi connectivity index (χ3v) is 6.62. The van der Waals surface area contributed by atoms with Crippen molar-refractivity contribution in [3.05, 3.63) is 88.9 Å². The van der Waals surface area contributed by atoms with Crippen LogP contribution in [-0.2, 0) is 9.84 Å². The van der Waals surface area contributed by atoms with Crippen LogP contribution >= 0.6 is 15.9 Å². The van der Waals surface area contributed by atoms with Crippen LogP contribution in [0.5, 0.6) is 5.75 Å². The highest BCUT2D eigenvalue weighted by Crippen LogP contribution is 2.28. The number of halogens is 1. The van der Waals surface area contributed by atoms with Gasteiger partial charge in [-0.05, 0) is 48.5 Å². The monoisotopic (exact) mass is 469 g/mol. The summed E-state index contributed by atoms with van der Waals surface area (Å²) in [6, 6.07) is 22.3. The molecule has 1 heterocycles. The van der Waals surface area contributed by atoms with Crippen LogP contribution < -0.4 is 10.3 Å². The van der Waals surface area contributed by atoms with Gasteiger partial charge in [0, 0.05) is 9.86 Å². The van der Waals surface area contributed by atoms with E-state index in [1.807, 2.05) is 12.1 Å². The van der Waals surface area contributed by atoms with E-state index in [1.165, 1.54) is 7.11 Å². The predicted octanol–water partition coefficient (Wildman–Crippen LogP) is 5.27. The third kappa shape index (κ3) is 3.83. The molecular formula is C22H16BrNO4S. The number of hydrogen-bond donors (Lipinski definition) is 0. The average Bonchev–Trinajstić information content (AvgIpc) is 2.75. The number of nitrogens with zero attached hydrogens (tertiary/aromatic N) is 1. The molecule has 0 atom stereocenters. The first-order valence-corrected chi connectivity index (χ1v) is 11.0. The molecule has 0 aliphatic rings. The molecule has 0 radical (unpaired) electrons. The van der Waals surface area contributed by atoms with E-state index in [0.717, 1.165) is 4.47 Å². The number of hydrogen-bond acceptors (Lipinski definition) is 5. The normalized spacial score (nSPS) is 12.3. The number of benzene rings is 3. The van der Waals surface area contributed by atoms with Gasteiger partial charge >= 0.3 is 0 Å². The zero-order chi connectivity index (χ0) is 20.4. The molecule has 0 bridgehead atoms. The molecule has 0 aliphatic carbocycles. The van der Waals surface area contributed by atoms with Crippen LogP contribution in [0.15, 0.2) is 103 Å². The molecule has 4 aromatic rings. The SMILES string of the molecule is COc1cccc2cc(S(=O)(=O)c3ccccc3)c(=Nc3ccc(Br)cc3)oc12. The van der Waals surface area contributed by atoms with E-state index in [0.29, 0.717) is 22.4 Å². The molecule has 3 aromatic carbocycles. The Bertz CT molecular complexity index is 1350. The Labute approximate surface area is 176 Å². The Kier molecular flexibility index (Phi) is 5.25. The second kappa shape index (κ2) is 7.85. The molecule has 0 saturated heterocycles. The maximum Gasteiger partial charge on any atom is 0.239 e. The highest BCUT2D eigenvalue weighted by Gasteiger charge is 2.23. The van der Waals surface area contributed by atoms with E-state index in [-0.39, 0.29) is 15.3 Å². The van der Waals surface area contributed by atoms with Gasteiger partial charge in [0.2, 0.25) is 15.4 Å². The van der Waals surface area contributed by atoms with E-state index in [4.69, 9.17) is 9.15 Å². The highest BCUT2D eigenvalue weighted by atomic mass is 79.9. The lowest BCUT2D eigenvalue weighted by molar-refractivity contribution is 0.404. The number of para-hydroxylation sites is 1. The van der Waals surface area contributed by atoms with E-state index in [9.17, 15) is 8.42 Å². The summed E-state index contributed by atoms with van der Waals surface area (Å²) in [4.78, 5) is 4.64. The summed E-state index contributed by atoms with van der Waals surface area (Å²) in [6.45, 7) is 0. The van der Waals surface area contributed by atoms with Crippen molar-refractivity contribution in [1.82, 2.24) is 0 Å². The molecule has 0 aliphatic heterocycles. The van der Waals surface area contributed by atoms with E-state index in [1.54, 1.807) is 66.7 Å². The number of rotatable bonds is 4. The lowest BCUT2D eigenvalue weighted by Crippen LogP contribution is -2.16. The van der Waals surface area contributed by atoms with Gasteiger partial charge in [-0.3, -0.25) is 0 Å². The van der Waals surface area contributed by atoms with Crippen LogP contribution in [0.4, 0.5) is 5.69 Å². The van der Waals surface area contributed by atoms with Gasteiger partial charge in [0.05, 0.1) is 17.7 Å². The number of fused-ring (bicyclic) bond motifs is 1. The van der Waals surface area contributed by atoms with Gasteiger partial charge in [0.25, 0.3) is 0 Å². The molecule has 0 unspecified atom stereocenters. The van der Waals surface area contributed by atoms with Crippen molar-refractivity contribution in [3.63, 3.8) is 0 Å². The minimum absolute atomic E-state index is 0.00632. The quantitative estimate of drug-likeness (QED) is 0.408. The van der Waals surface area contributed by atoms with Crippen LogP contribution in [-0.4, -0.2) is 15.5 Å². The fourth-order valence-electron chi connectivity index (χ4n) is 2.90. The summed E-state index contributed by atoms with van der Waals surface area (Å²) in [7, 11) is -2.31. The molecule has 0 N–H and O–H groups in total. The predicted molar refractivity (Wildman–Crippen MR) is 114 cm³/mol. The standard InChI is InChI=1S/C22H16BrNO4S/c1-27-19-9-5-6-15-14-20(29(25,26)18-7-3-2-4-8-18)22(28-21(15)19)24-17-12-10-16(23)11-13-17/h2-14H,1H3. The molecule has 0 fully saturated rings. The molecule has 0 amide bonds. The van der Waals surface area contributed by atoms with Crippen molar-refractivity contribution in [2.45, 2.75) is 9.79 Å². The smallest absolute Gasteiger partial charge is 0.239 e. The van der Waals surface area contributed by atoms with Crippen LogP contribution in [0.25, 0.3) is 11.0 Å². The van der Waals surface area contributed by atoms with Crippen LogP contribution in [0.3, 0.4) is 0 Å². The number of sulfone groups is 1. The van der Waals surface area contributed by atoms with Gasteiger partial charge in [-0.25, -0.2) is 13.4 Å².